The molecule has 9 nitrogen and oxygen atoms in total. The fourth-order valence-electron chi connectivity index (χ4n) is 4.68. The number of unbranched alkanes of at least 4 members (excludes halogenated alkanes) is 1. The van der Waals surface area contributed by atoms with Crippen molar-refractivity contribution in [2.24, 2.45) is 10.9 Å². The summed E-state index contributed by atoms with van der Waals surface area (Å²) in [6.07, 6.45) is 6.86. The Balaban J connectivity index is 1.26. The zero-order chi connectivity index (χ0) is 27.0. The molecule has 204 valence electrons. The van der Waals surface area contributed by atoms with Crippen molar-refractivity contribution in [2.75, 3.05) is 36.8 Å². The van der Waals surface area contributed by atoms with Crippen LogP contribution in [0.1, 0.15) is 62.2 Å². The Labute approximate surface area is 229 Å². The second-order valence-corrected chi connectivity index (χ2v) is 10.1. The third-order valence-electron chi connectivity index (χ3n) is 7.20. The number of anilines is 2. The van der Waals surface area contributed by atoms with Crippen LogP contribution in [0.15, 0.2) is 63.6 Å². The molecule has 1 aliphatic heterocycles. The molecule has 3 heterocycles. The number of aliphatic imine (C=N–C) groups is 1. The molecule has 0 unspecified atom stereocenters. The van der Waals surface area contributed by atoms with E-state index in [1.165, 1.54) is 18.4 Å². The molecular formula is C30H37N7O2. The van der Waals surface area contributed by atoms with Crippen molar-refractivity contribution in [1.82, 2.24) is 20.0 Å². The monoisotopic (exact) mass is 527 g/mol. The van der Waals surface area contributed by atoms with Crippen molar-refractivity contribution in [3.05, 3.63) is 65.6 Å². The van der Waals surface area contributed by atoms with Gasteiger partial charge in [0.05, 0.1) is 13.1 Å². The number of hydrogen-bond donors (Lipinski definition) is 2. The first-order valence-corrected chi connectivity index (χ1v) is 14.0. The van der Waals surface area contributed by atoms with Crippen molar-refractivity contribution < 1.29 is 9.32 Å². The van der Waals surface area contributed by atoms with Crippen LogP contribution in [0.2, 0.25) is 0 Å². The lowest BCUT2D eigenvalue weighted by Crippen LogP contribution is -2.24. The van der Waals surface area contributed by atoms with Gasteiger partial charge in [0.15, 0.2) is 11.5 Å². The van der Waals surface area contributed by atoms with Gasteiger partial charge >= 0.3 is 0 Å². The molecule has 0 bridgehead atoms. The van der Waals surface area contributed by atoms with Gasteiger partial charge in [0, 0.05) is 24.1 Å². The van der Waals surface area contributed by atoms with Crippen molar-refractivity contribution >= 4 is 23.4 Å². The first-order valence-electron chi connectivity index (χ1n) is 14.0. The molecule has 5 rings (SSSR count). The number of aromatic nitrogens is 3. The van der Waals surface area contributed by atoms with Gasteiger partial charge < -0.3 is 20.1 Å². The molecule has 0 amide bonds. The van der Waals surface area contributed by atoms with Crippen LogP contribution in [-0.2, 0) is 6.54 Å². The average molecular weight is 528 g/mol. The summed E-state index contributed by atoms with van der Waals surface area (Å²) in [6, 6.07) is 13.5. The van der Waals surface area contributed by atoms with Gasteiger partial charge in [-0.15, -0.1) is 0 Å². The van der Waals surface area contributed by atoms with Gasteiger partial charge in [-0.05, 0) is 62.9 Å². The maximum absolute atomic E-state index is 13.1. The van der Waals surface area contributed by atoms with E-state index in [0.717, 1.165) is 56.1 Å². The maximum atomic E-state index is 13.1. The molecule has 0 radical (unpaired) electrons. The van der Waals surface area contributed by atoms with Gasteiger partial charge in [0.2, 0.25) is 5.95 Å². The Morgan fingerprint density at radius 2 is 1.90 bits per heavy atom. The molecule has 1 saturated carbocycles. The summed E-state index contributed by atoms with van der Waals surface area (Å²) in [6.45, 7) is 8.46. The summed E-state index contributed by atoms with van der Waals surface area (Å²) in [5.41, 5.74) is 3.51. The van der Waals surface area contributed by atoms with E-state index < -0.39 is 0 Å². The second kappa shape index (κ2) is 12.8. The number of amidine groups is 1. The Bertz CT molecular complexity index is 1320. The highest BCUT2D eigenvalue weighted by atomic mass is 16.5. The highest BCUT2D eigenvalue weighted by molar-refractivity contribution is 6.06. The highest BCUT2D eigenvalue weighted by Crippen LogP contribution is 2.37. The normalized spacial score (nSPS) is 14.8. The van der Waals surface area contributed by atoms with E-state index in [0.29, 0.717) is 42.1 Å². The topological polar surface area (TPSA) is 109 Å². The minimum Gasteiger partial charge on any atom is -0.359 e. The SMILES string of the molecule is CCN(CC)CCCCC(=O)c1cc(NC2=NCC(C3CC3)=C2)nc(NCc2cc(-c3ccccc3)no2)n1. The molecule has 2 aliphatic rings. The number of carbonyl (C=O) groups excluding carboxylic acids is 1. The molecule has 0 atom stereocenters. The fourth-order valence-corrected chi connectivity index (χ4v) is 4.68. The number of nitrogens with zero attached hydrogens (tertiary/aromatic N) is 5. The Morgan fingerprint density at radius 1 is 1.08 bits per heavy atom. The van der Waals surface area contributed by atoms with Crippen molar-refractivity contribution in [1.29, 1.82) is 0 Å². The number of nitrogens with one attached hydrogen (secondary N) is 2. The summed E-state index contributed by atoms with van der Waals surface area (Å²) in [7, 11) is 0. The predicted octanol–water partition coefficient (Wildman–Crippen LogP) is 5.60. The highest BCUT2D eigenvalue weighted by Gasteiger charge is 2.28. The summed E-state index contributed by atoms with van der Waals surface area (Å²) >= 11 is 0. The second-order valence-electron chi connectivity index (χ2n) is 10.1. The Hall–Kier alpha value is -3.85. The number of ketones is 1. The molecule has 2 N–H and O–H groups in total. The Kier molecular flexibility index (Phi) is 8.78. The number of hydrogen-bond acceptors (Lipinski definition) is 9. The Morgan fingerprint density at radius 3 is 2.67 bits per heavy atom. The molecule has 9 heteroatoms. The smallest absolute Gasteiger partial charge is 0.225 e. The number of carbonyl (C=O) groups is 1. The molecule has 0 spiro atoms. The molecule has 3 aromatic rings. The standard InChI is InChI=1S/C30H37N7O2/c1-3-37(4-2)15-9-8-12-27(38)26-18-29(34-28-16-23(19-31-28)21-13-14-21)35-30(33-26)32-20-24-17-25(36-39-24)22-10-6-5-7-11-22/h5-7,10-11,16-18,21H,3-4,8-9,12-15,19-20H2,1-2H3,(H2,31,32,33,34,35). The van der Waals surface area contributed by atoms with Crippen LogP contribution in [0.3, 0.4) is 0 Å². The summed E-state index contributed by atoms with van der Waals surface area (Å²) in [5.74, 6) is 3.02. The zero-order valence-corrected chi connectivity index (χ0v) is 22.8. The van der Waals surface area contributed by atoms with E-state index >= 15 is 0 Å². The van der Waals surface area contributed by atoms with Crippen LogP contribution < -0.4 is 10.6 Å². The van der Waals surface area contributed by atoms with Crippen LogP contribution in [0.25, 0.3) is 11.3 Å². The van der Waals surface area contributed by atoms with Crippen LogP contribution in [0.4, 0.5) is 11.8 Å². The first kappa shape index (κ1) is 26.7. The summed E-state index contributed by atoms with van der Waals surface area (Å²) < 4.78 is 5.52. The molecule has 1 aromatic carbocycles. The van der Waals surface area contributed by atoms with E-state index in [1.54, 1.807) is 6.07 Å². The van der Waals surface area contributed by atoms with E-state index in [-0.39, 0.29) is 5.78 Å². The summed E-state index contributed by atoms with van der Waals surface area (Å²) in [4.78, 5) is 29.3. The van der Waals surface area contributed by atoms with Gasteiger partial charge in [-0.25, -0.2) is 4.98 Å². The van der Waals surface area contributed by atoms with Crippen molar-refractivity contribution in [3.8, 4) is 11.3 Å². The first-order chi connectivity index (χ1) is 19.1. The quantitative estimate of drug-likeness (QED) is 0.206. The summed E-state index contributed by atoms with van der Waals surface area (Å²) in [5, 5.41) is 10.7. The fraction of sp³-hybridized carbons (Fsp3) is 0.433. The minimum absolute atomic E-state index is 0.0108. The van der Waals surface area contributed by atoms with E-state index in [2.05, 4.69) is 55.6 Å². The van der Waals surface area contributed by atoms with E-state index in [9.17, 15) is 4.79 Å². The van der Waals surface area contributed by atoms with Crippen LogP contribution in [-0.4, -0.2) is 57.8 Å². The molecule has 1 fully saturated rings. The lowest BCUT2D eigenvalue weighted by atomic mass is 10.1. The van der Waals surface area contributed by atoms with Crippen molar-refractivity contribution in [3.63, 3.8) is 0 Å². The predicted molar refractivity (Wildman–Crippen MR) is 154 cm³/mol. The van der Waals surface area contributed by atoms with Gasteiger partial charge in [0.25, 0.3) is 0 Å². The number of Topliss-reactive ketones (excluding diaryl/α,β-unsaturated/α-hetero) is 1. The minimum atomic E-state index is 0.0108. The molecular weight excluding hydrogens is 490 g/mol. The van der Waals surface area contributed by atoms with Gasteiger partial charge in [-0.2, -0.15) is 4.98 Å². The van der Waals surface area contributed by atoms with E-state index in [1.807, 2.05) is 36.4 Å². The van der Waals surface area contributed by atoms with Gasteiger partial charge in [0.1, 0.15) is 23.0 Å². The third kappa shape index (κ3) is 7.38. The van der Waals surface area contributed by atoms with Crippen LogP contribution in [0.5, 0.6) is 0 Å². The number of benzene rings is 1. The lowest BCUT2D eigenvalue weighted by molar-refractivity contribution is 0.0973. The third-order valence-corrected chi connectivity index (χ3v) is 7.20. The van der Waals surface area contributed by atoms with Crippen LogP contribution in [0, 0.1) is 5.92 Å². The van der Waals surface area contributed by atoms with Crippen LogP contribution >= 0.6 is 0 Å². The largest absolute Gasteiger partial charge is 0.359 e. The lowest BCUT2D eigenvalue weighted by Gasteiger charge is -2.17. The maximum Gasteiger partial charge on any atom is 0.225 e. The average Bonchev–Trinajstić information content (AvgIpc) is 3.52. The van der Waals surface area contributed by atoms with E-state index in [4.69, 9.17) is 4.52 Å². The van der Waals surface area contributed by atoms with Gasteiger partial charge in [-0.1, -0.05) is 49.3 Å². The zero-order valence-electron chi connectivity index (χ0n) is 22.8. The molecule has 2 aromatic heterocycles. The molecule has 1 aliphatic carbocycles. The van der Waals surface area contributed by atoms with Gasteiger partial charge in [-0.3, -0.25) is 9.79 Å². The molecule has 0 saturated heterocycles. The molecule has 39 heavy (non-hydrogen) atoms. The number of rotatable bonds is 14. The van der Waals surface area contributed by atoms with Crippen molar-refractivity contribution in [2.45, 2.75) is 52.5 Å².